The SMILES string of the molecule is C=C1/C=C(/C)[C@@H](C)[C@@H](O)CC(=O)[C@@H](C)CC(=O)C[C@H]2CC[C@@H](O2)[C@@H](/C=C/C=C(\C)[C@@H](O)C(=C)CCCC)OC(=O)C[C@@H]2O[C@H](C[C@H]2C)[C@H](O)[C@@H]1O. The normalized spacial score (nSPS) is 37.3. The number of esters is 1. The fraction of sp³-hybridized carbons (Fsp3) is 0.683. The van der Waals surface area contributed by atoms with E-state index in [0.29, 0.717) is 30.4 Å². The van der Waals surface area contributed by atoms with E-state index in [1.54, 1.807) is 45.1 Å². The van der Waals surface area contributed by atoms with Crippen molar-refractivity contribution in [3.8, 4) is 0 Å². The first kappa shape index (κ1) is 42.7. The molecule has 51 heavy (non-hydrogen) atoms. The number of aliphatic hydroxyl groups excluding tert-OH is 4. The Labute approximate surface area is 304 Å². The molecular formula is C41H62O10. The number of fused-ring (bicyclic) bond motifs is 4. The van der Waals surface area contributed by atoms with Crippen molar-refractivity contribution in [2.45, 2.75) is 161 Å². The van der Waals surface area contributed by atoms with Crippen LogP contribution in [0.1, 0.15) is 106 Å². The number of allylic oxidation sites excluding steroid dienone is 2. The summed E-state index contributed by atoms with van der Waals surface area (Å²) < 4.78 is 18.3. The van der Waals surface area contributed by atoms with E-state index in [4.69, 9.17) is 14.2 Å². The molecule has 0 unspecified atom stereocenters. The van der Waals surface area contributed by atoms with Gasteiger partial charge in [-0.3, -0.25) is 14.4 Å². The van der Waals surface area contributed by atoms with Gasteiger partial charge in [-0.1, -0.05) is 71.1 Å². The molecule has 0 radical (unpaired) electrons. The second-order valence-electron chi connectivity index (χ2n) is 15.2. The zero-order valence-electron chi connectivity index (χ0n) is 31.5. The molecule has 3 aliphatic rings. The van der Waals surface area contributed by atoms with Crippen LogP contribution in [0.25, 0.3) is 0 Å². The Hall–Kier alpha value is -2.73. The van der Waals surface area contributed by atoms with Crippen LogP contribution < -0.4 is 0 Å². The van der Waals surface area contributed by atoms with Gasteiger partial charge in [-0.2, -0.15) is 0 Å². The summed E-state index contributed by atoms with van der Waals surface area (Å²) in [6.07, 6.45) is 3.42. The van der Waals surface area contributed by atoms with Crippen molar-refractivity contribution >= 4 is 17.5 Å². The zero-order chi connectivity index (χ0) is 38.0. The lowest BCUT2D eigenvalue weighted by Crippen LogP contribution is -2.38. The van der Waals surface area contributed by atoms with Crippen molar-refractivity contribution in [2.24, 2.45) is 17.8 Å². The van der Waals surface area contributed by atoms with Crippen LogP contribution in [0.15, 0.2) is 59.8 Å². The Bertz CT molecular complexity index is 1330. The van der Waals surface area contributed by atoms with Gasteiger partial charge in [0.1, 0.15) is 29.9 Å². The first-order chi connectivity index (χ1) is 24.0. The predicted octanol–water partition coefficient (Wildman–Crippen LogP) is 5.42. The molecule has 0 aromatic carbocycles. The molecule has 0 aliphatic carbocycles. The number of Topliss-reactive ketones (excluding diaryl/α,β-unsaturated/α-hetero) is 2. The average molecular weight is 715 g/mol. The van der Waals surface area contributed by atoms with Crippen LogP contribution in [-0.4, -0.2) is 92.9 Å². The molecular weight excluding hydrogens is 652 g/mol. The van der Waals surface area contributed by atoms with Gasteiger partial charge < -0.3 is 34.6 Å². The highest BCUT2D eigenvalue weighted by molar-refractivity contribution is 5.88. The van der Waals surface area contributed by atoms with Crippen LogP contribution in [0.4, 0.5) is 0 Å². The van der Waals surface area contributed by atoms with Crippen LogP contribution in [0, 0.1) is 17.8 Å². The summed E-state index contributed by atoms with van der Waals surface area (Å²) in [6.45, 7) is 19.0. The molecule has 3 rings (SSSR count). The minimum Gasteiger partial charge on any atom is -0.455 e. The smallest absolute Gasteiger partial charge is 0.309 e. The Morgan fingerprint density at radius 3 is 2.39 bits per heavy atom. The number of carbonyl (C=O) groups is 3. The monoisotopic (exact) mass is 714 g/mol. The third-order valence-electron chi connectivity index (χ3n) is 10.8. The molecule has 3 aliphatic heterocycles. The molecule has 286 valence electrons. The lowest BCUT2D eigenvalue weighted by Gasteiger charge is -2.26. The highest BCUT2D eigenvalue weighted by Gasteiger charge is 2.41. The van der Waals surface area contributed by atoms with E-state index >= 15 is 0 Å². The summed E-state index contributed by atoms with van der Waals surface area (Å²) in [5, 5.41) is 43.6. The quantitative estimate of drug-likeness (QED) is 0.152. The summed E-state index contributed by atoms with van der Waals surface area (Å²) in [6, 6.07) is 0. The Balaban J connectivity index is 1.85. The molecule has 12 atom stereocenters. The van der Waals surface area contributed by atoms with Crippen LogP contribution in [0.2, 0.25) is 0 Å². The Morgan fingerprint density at radius 2 is 1.71 bits per heavy atom. The number of carbonyl (C=O) groups excluding carboxylic acids is 3. The molecule has 0 amide bonds. The van der Waals surface area contributed by atoms with Crippen LogP contribution in [-0.2, 0) is 28.6 Å². The van der Waals surface area contributed by atoms with Gasteiger partial charge >= 0.3 is 5.97 Å². The largest absolute Gasteiger partial charge is 0.455 e. The maximum atomic E-state index is 13.4. The molecule has 0 aromatic rings. The number of rotatable bonds is 7. The highest BCUT2D eigenvalue weighted by atomic mass is 16.6. The average Bonchev–Trinajstić information content (AvgIpc) is 3.70. The van der Waals surface area contributed by atoms with Gasteiger partial charge in [-0.05, 0) is 74.7 Å². The second kappa shape index (κ2) is 19.9. The first-order valence-corrected chi connectivity index (χ1v) is 18.7. The predicted molar refractivity (Wildman–Crippen MR) is 196 cm³/mol. The van der Waals surface area contributed by atoms with Gasteiger partial charge in [-0.15, -0.1) is 0 Å². The van der Waals surface area contributed by atoms with Crippen LogP contribution in [0.3, 0.4) is 0 Å². The van der Waals surface area contributed by atoms with Gasteiger partial charge in [0.15, 0.2) is 0 Å². The second-order valence-corrected chi connectivity index (χ2v) is 15.2. The highest BCUT2D eigenvalue weighted by Crippen LogP contribution is 2.34. The van der Waals surface area contributed by atoms with Crippen LogP contribution in [0.5, 0.6) is 0 Å². The third-order valence-corrected chi connectivity index (χ3v) is 10.8. The molecule has 3 heterocycles. The summed E-state index contributed by atoms with van der Waals surface area (Å²) in [5.41, 5.74) is 2.34. The molecule has 0 spiro atoms. The van der Waals surface area contributed by atoms with Crippen molar-refractivity contribution in [1.29, 1.82) is 0 Å². The molecule has 10 heteroatoms. The van der Waals surface area contributed by atoms with Crippen molar-refractivity contribution in [2.75, 3.05) is 0 Å². The van der Waals surface area contributed by atoms with Crippen molar-refractivity contribution in [3.63, 3.8) is 0 Å². The summed E-state index contributed by atoms with van der Waals surface area (Å²) in [5.74, 6) is -2.02. The van der Waals surface area contributed by atoms with E-state index in [0.717, 1.165) is 24.8 Å². The molecule has 0 aromatic heterocycles. The van der Waals surface area contributed by atoms with Crippen molar-refractivity contribution in [3.05, 3.63) is 59.8 Å². The van der Waals surface area contributed by atoms with Crippen molar-refractivity contribution < 1.29 is 49.0 Å². The maximum absolute atomic E-state index is 13.4. The van der Waals surface area contributed by atoms with Gasteiger partial charge in [0.25, 0.3) is 0 Å². The lowest BCUT2D eigenvalue weighted by atomic mass is 9.87. The number of cyclic esters (lactones) is 1. The molecule has 4 bridgehead atoms. The van der Waals surface area contributed by atoms with E-state index < -0.39 is 72.7 Å². The fourth-order valence-corrected chi connectivity index (χ4v) is 7.01. The number of hydrogen-bond donors (Lipinski definition) is 4. The fourth-order valence-electron chi connectivity index (χ4n) is 7.01. The van der Waals surface area contributed by atoms with Crippen LogP contribution >= 0.6 is 0 Å². The van der Waals surface area contributed by atoms with E-state index in [1.807, 2.05) is 13.8 Å². The summed E-state index contributed by atoms with van der Waals surface area (Å²) in [4.78, 5) is 39.5. The van der Waals surface area contributed by atoms with Gasteiger partial charge in [0, 0.05) is 31.1 Å². The van der Waals surface area contributed by atoms with E-state index in [-0.39, 0.29) is 48.7 Å². The van der Waals surface area contributed by atoms with Gasteiger partial charge in [-0.25, -0.2) is 0 Å². The molecule has 2 fully saturated rings. The molecule has 0 saturated carbocycles. The standard InChI is InChI=1S/C41H62O10/c1-9-10-12-23(2)39(46)24(3)13-11-14-34-35-16-15-31(49-35)20-30(42)18-26(5)32(43)21-33(44)29(8)25(4)17-28(7)40(47)41(48)37-19-27(6)36(50-37)22-38(45)51-34/h11,13-14,17,26-27,29,31,33-37,39-41,44,46-48H,2,7,9-10,12,15-16,18-22H2,1,3-6,8H3/b14-11+,24-13+,25-17-/t26-,27+,29+,31+,33-,34+,35+,36-,37+,39-,40+,41-/m0/s1. The number of unbranched alkanes of at least 4 members (excludes halogenated alkanes) is 1. The Morgan fingerprint density at radius 1 is 1.00 bits per heavy atom. The minimum absolute atomic E-state index is 0.0230. The molecule has 2 saturated heterocycles. The van der Waals surface area contributed by atoms with E-state index in [2.05, 4.69) is 20.1 Å². The summed E-state index contributed by atoms with van der Waals surface area (Å²) >= 11 is 0. The number of aliphatic hydroxyl groups is 4. The zero-order valence-corrected chi connectivity index (χ0v) is 31.5. The van der Waals surface area contributed by atoms with E-state index in [9.17, 15) is 34.8 Å². The number of hydrogen-bond acceptors (Lipinski definition) is 10. The molecule has 10 nitrogen and oxygen atoms in total. The number of ketones is 2. The van der Waals surface area contributed by atoms with Gasteiger partial charge in [0.05, 0.1) is 43.0 Å². The first-order valence-electron chi connectivity index (χ1n) is 18.7. The maximum Gasteiger partial charge on any atom is 0.309 e. The van der Waals surface area contributed by atoms with E-state index in [1.165, 1.54) is 0 Å². The minimum atomic E-state index is -1.36. The number of ether oxygens (including phenoxy) is 3. The summed E-state index contributed by atoms with van der Waals surface area (Å²) in [7, 11) is 0. The molecule has 4 N–H and O–H groups in total. The van der Waals surface area contributed by atoms with Gasteiger partial charge in [0.2, 0.25) is 0 Å². The lowest BCUT2D eigenvalue weighted by molar-refractivity contribution is -0.158. The third kappa shape index (κ3) is 12.4. The Kier molecular flexibility index (Phi) is 16.7. The topological polar surface area (TPSA) is 160 Å². The van der Waals surface area contributed by atoms with Crippen molar-refractivity contribution in [1.82, 2.24) is 0 Å².